The van der Waals surface area contributed by atoms with Gasteiger partial charge in [0.25, 0.3) is 0 Å². The highest BCUT2D eigenvalue weighted by Crippen LogP contribution is 2.30. The van der Waals surface area contributed by atoms with Crippen LogP contribution in [0.25, 0.3) is 0 Å². The molecule has 1 unspecified atom stereocenters. The van der Waals surface area contributed by atoms with E-state index in [0.717, 1.165) is 23.5 Å². The molecule has 1 rings (SSSR count). The normalized spacial score (nSPS) is 12.3. The molecule has 0 fully saturated rings. The highest BCUT2D eigenvalue weighted by Gasteiger charge is 2.09. The van der Waals surface area contributed by atoms with Crippen molar-refractivity contribution < 1.29 is 9.47 Å². The second-order valence-corrected chi connectivity index (χ2v) is 3.36. The molecule has 0 bridgehead atoms. The number of ether oxygens (including phenoxy) is 2. The van der Waals surface area contributed by atoms with E-state index in [1.54, 1.807) is 7.11 Å². The van der Waals surface area contributed by atoms with E-state index in [9.17, 15) is 0 Å². The Morgan fingerprint density at radius 3 is 2.53 bits per heavy atom. The molecule has 0 amide bonds. The van der Waals surface area contributed by atoms with Gasteiger partial charge >= 0.3 is 0 Å². The average molecular weight is 210 g/mol. The summed E-state index contributed by atoms with van der Waals surface area (Å²) in [6.07, 6.45) is 0.915. The van der Waals surface area contributed by atoms with Crippen LogP contribution in [0, 0.1) is 0 Å². The van der Waals surface area contributed by atoms with E-state index in [0.29, 0.717) is 6.61 Å². The SMILES string of the molecule is CCOc1cc(C([15NH2])CC)ccc1OC. The van der Waals surface area contributed by atoms with Crippen molar-refractivity contribution in [1.82, 2.24) is 0 Å². The average Bonchev–Trinajstić information content (AvgIpc) is 2.28. The molecule has 1 atom stereocenters. The molecular weight excluding hydrogens is 191 g/mol. The molecule has 0 heterocycles. The van der Waals surface area contributed by atoms with Crippen molar-refractivity contribution in [2.24, 2.45) is 5.73 Å². The van der Waals surface area contributed by atoms with E-state index < -0.39 is 0 Å². The van der Waals surface area contributed by atoms with Crippen LogP contribution in [0.15, 0.2) is 18.2 Å². The minimum atomic E-state index is 0.0649. The summed E-state index contributed by atoms with van der Waals surface area (Å²) >= 11 is 0. The summed E-state index contributed by atoms with van der Waals surface area (Å²) < 4.78 is 10.7. The third-order valence-electron chi connectivity index (χ3n) is 2.36. The molecule has 0 aromatic heterocycles. The Bertz CT molecular complexity index is 312. The lowest BCUT2D eigenvalue weighted by atomic mass is 10.1. The Morgan fingerprint density at radius 2 is 2.00 bits per heavy atom. The van der Waals surface area contributed by atoms with Gasteiger partial charge in [-0.3, -0.25) is 0 Å². The van der Waals surface area contributed by atoms with E-state index in [4.69, 9.17) is 15.2 Å². The van der Waals surface area contributed by atoms with Crippen LogP contribution in [-0.2, 0) is 0 Å². The predicted molar refractivity (Wildman–Crippen MR) is 61.4 cm³/mol. The Balaban J connectivity index is 2.98. The number of nitrogens with two attached hydrogens (primary N) is 1. The first-order chi connectivity index (χ1) is 7.22. The van der Waals surface area contributed by atoms with Crippen LogP contribution in [0.4, 0.5) is 0 Å². The van der Waals surface area contributed by atoms with Crippen molar-refractivity contribution in [3.63, 3.8) is 0 Å². The summed E-state index contributed by atoms with van der Waals surface area (Å²) in [7, 11) is 1.64. The molecule has 1 aromatic rings. The summed E-state index contributed by atoms with van der Waals surface area (Å²) in [5.74, 6) is 1.52. The maximum Gasteiger partial charge on any atom is 0.161 e. The van der Waals surface area contributed by atoms with Gasteiger partial charge in [-0.15, -0.1) is 0 Å². The third kappa shape index (κ3) is 2.86. The Morgan fingerprint density at radius 1 is 1.27 bits per heavy atom. The molecule has 0 saturated heterocycles. The monoisotopic (exact) mass is 210 g/mol. The zero-order chi connectivity index (χ0) is 11.3. The number of rotatable bonds is 5. The molecule has 15 heavy (non-hydrogen) atoms. The van der Waals surface area contributed by atoms with Gasteiger partial charge in [-0.2, -0.15) is 0 Å². The molecule has 2 N–H and O–H groups in total. The van der Waals surface area contributed by atoms with Crippen LogP contribution >= 0.6 is 0 Å². The topological polar surface area (TPSA) is 44.5 Å². The fourth-order valence-electron chi connectivity index (χ4n) is 1.43. The van der Waals surface area contributed by atoms with Crippen LogP contribution < -0.4 is 15.2 Å². The molecule has 1 aromatic carbocycles. The first-order valence-corrected chi connectivity index (χ1v) is 5.29. The first-order valence-electron chi connectivity index (χ1n) is 5.29. The fraction of sp³-hybridized carbons (Fsp3) is 0.500. The molecule has 0 saturated carbocycles. The van der Waals surface area contributed by atoms with Crippen molar-refractivity contribution >= 4 is 0 Å². The molecule has 0 aliphatic heterocycles. The van der Waals surface area contributed by atoms with Crippen LogP contribution in [0.5, 0.6) is 11.5 Å². The molecular formula is C12H19NO2. The van der Waals surface area contributed by atoms with Gasteiger partial charge in [-0.05, 0) is 31.0 Å². The zero-order valence-corrected chi connectivity index (χ0v) is 9.62. The zero-order valence-electron chi connectivity index (χ0n) is 9.62. The molecule has 0 aliphatic rings. The second-order valence-electron chi connectivity index (χ2n) is 3.36. The molecule has 0 aliphatic carbocycles. The van der Waals surface area contributed by atoms with Gasteiger partial charge in [-0.25, -0.2) is 0 Å². The minimum absolute atomic E-state index is 0.0649. The lowest BCUT2D eigenvalue weighted by Gasteiger charge is -2.14. The van der Waals surface area contributed by atoms with Gasteiger partial charge < -0.3 is 15.2 Å². The van der Waals surface area contributed by atoms with E-state index in [1.807, 2.05) is 25.1 Å². The third-order valence-corrected chi connectivity index (χ3v) is 2.36. The molecule has 0 radical (unpaired) electrons. The van der Waals surface area contributed by atoms with E-state index in [2.05, 4.69) is 6.92 Å². The predicted octanol–water partition coefficient (Wildman–Crippen LogP) is 2.50. The summed E-state index contributed by atoms with van der Waals surface area (Å²) in [5.41, 5.74) is 7.04. The van der Waals surface area contributed by atoms with Crippen molar-refractivity contribution in [1.29, 1.82) is 0 Å². The second kappa shape index (κ2) is 5.61. The number of methoxy groups -OCH3 is 1. The Hall–Kier alpha value is -1.22. The van der Waals surface area contributed by atoms with Gasteiger partial charge in [0.15, 0.2) is 11.5 Å². The van der Waals surface area contributed by atoms with Crippen molar-refractivity contribution in [2.75, 3.05) is 13.7 Å². The van der Waals surface area contributed by atoms with Gasteiger partial charge in [0.05, 0.1) is 13.7 Å². The van der Waals surface area contributed by atoms with Crippen LogP contribution in [-0.4, -0.2) is 13.7 Å². The van der Waals surface area contributed by atoms with Gasteiger partial charge in [-0.1, -0.05) is 13.0 Å². The van der Waals surface area contributed by atoms with Crippen molar-refractivity contribution in [2.45, 2.75) is 26.3 Å². The minimum Gasteiger partial charge on any atom is -0.493 e. The Labute approximate surface area is 91.2 Å². The number of hydrogen-bond donors (Lipinski definition) is 1. The van der Waals surface area contributed by atoms with Crippen LogP contribution in [0.3, 0.4) is 0 Å². The van der Waals surface area contributed by atoms with Crippen LogP contribution in [0.2, 0.25) is 0 Å². The molecule has 3 nitrogen and oxygen atoms in total. The van der Waals surface area contributed by atoms with E-state index in [1.165, 1.54) is 0 Å². The van der Waals surface area contributed by atoms with Crippen molar-refractivity contribution in [3.8, 4) is 11.5 Å². The summed E-state index contributed by atoms with van der Waals surface area (Å²) in [6.45, 7) is 4.64. The van der Waals surface area contributed by atoms with Gasteiger partial charge in [0.1, 0.15) is 0 Å². The quantitative estimate of drug-likeness (QED) is 0.759. The standard InChI is InChI=1S/C12H19NO2/c1-4-10(13)9-6-7-11(14-3)12(8-9)15-5-2/h6-8,10H,4-5,13H2,1-3H3/i13+1. The molecule has 0 spiro atoms. The largest absolute Gasteiger partial charge is 0.493 e. The lowest BCUT2D eigenvalue weighted by Crippen LogP contribution is -2.09. The number of hydrogen-bond acceptors (Lipinski definition) is 3. The maximum atomic E-state index is 5.95. The van der Waals surface area contributed by atoms with E-state index in [-0.39, 0.29) is 6.04 Å². The van der Waals surface area contributed by atoms with Gasteiger partial charge in [0, 0.05) is 6.04 Å². The smallest absolute Gasteiger partial charge is 0.161 e. The van der Waals surface area contributed by atoms with E-state index >= 15 is 0 Å². The number of benzene rings is 1. The lowest BCUT2D eigenvalue weighted by molar-refractivity contribution is 0.310. The maximum absolute atomic E-state index is 5.95. The highest BCUT2D eigenvalue weighted by molar-refractivity contribution is 5.43. The molecule has 3 heteroatoms. The fourth-order valence-corrected chi connectivity index (χ4v) is 1.43. The Kier molecular flexibility index (Phi) is 4.43. The molecule has 84 valence electrons. The highest BCUT2D eigenvalue weighted by atomic mass is 16.5. The summed E-state index contributed by atoms with van der Waals surface area (Å²) in [4.78, 5) is 0. The van der Waals surface area contributed by atoms with Gasteiger partial charge in [0.2, 0.25) is 0 Å². The van der Waals surface area contributed by atoms with Crippen LogP contribution in [0.1, 0.15) is 31.9 Å². The summed E-state index contributed by atoms with van der Waals surface area (Å²) in [6, 6.07) is 5.90. The first kappa shape index (κ1) is 11.9. The summed E-state index contributed by atoms with van der Waals surface area (Å²) in [5, 5.41) is 0. The van der Waals surface area contributed by atoms with Crippen molar-refractivity contribution in [3.05, 3.63) is 23.8 Å².